The fourth-order valence-corrected chi connectivity index (χ4v) is 4.29. The first-order chi connectivity index (χ1) is 13.2. The molecule has 2 aliphatic heterocycles. The van der Waals surface area contributed by atoms with E-state index in [1.165, 1.54) is 0 Å². The van der Waals surface area contributed by atoms with Gasteiger partial charge in [-0.2, -0.15) is 0 Å². The topological polar surface area (TPSA) is 54.7 Å². The number of nitrogens with one attached hydrogen (secondary N) is 1. The summed E-state index contributed by atoms with van der Waals surface area (Å²) in [5.41, 5.74) is 0.906. The van der Waals surface area contributed by atoms with Crippen molar-refractivity contribution >= 4 is 5.91 Å². The second-order valence-electron chi connectivity index (χ2n) is 7.75. The lowest BCUT2D eigenvalue weighted by Crippen LogP contribution is -2.52. The third-order valence-electron chi connectivity index (χ3n) is 5.74. The predicted octanol–water partition coefficient (Wildman–Crippen LogP) is 4.05. The Balaban J connectivity index is 1.46. The molecule has 0 aliphatic carbocycles. The van der Waals surface area contributed by atoms with Gasteiger partial charge in [0.05, 0.1) is 18.8 Å². The molecule has 5 heteroatoms. The van der Waals surface area contributed by atoms with Crippen LogP contribution >= 0.6 is 0 Å². The molecule has 144 valence electrons. The van der Waals surface area contributed by atoms with Gasteiger partial charge >= 0.3 is 0 Å². The molecule has 2 aromatic rings. The molecule has 1 amide bonds. The third-order valence-corrected chi connectivity index (χ3v) is 5.74. The van der Waals surface area contributed by atoms with Crippen LogP contribution < -0.4 is 10.1 Å². The number of benzene rings is 1. The summed E-state index contributed by atoms with van der Waals surface area (Å²) in [7, 11) is 0. The van der Waals surface area contributed by atoms with E-state index in [2.05, 4.69) is 16.3 Å². The summed E-state index contributed by atoms with van der Waals surface area (Å²) in [5.74, 6) is 2.06. The maximum atomic E-state index is 12.3. The smallest absolute Gasteiger partial charge is 0.220 e. The van der Waals surface area contributed by atoms with Gasteiger partial charge in [0.2, 0.25) is 5.91 Å². The first kappa shape index (κ1) is 18.1. The van der Waals surface area contributed by atoms with Crippen LogP contribution in [0.2, 0.25) is 0 Å². The Kier molecular flexibility index (Phi) is 5.21. The Labute approximate surface area is 160 Å². The molecular formula is C22H28N2O3. The minimum absolute atomic E-state index is 0.0330. The highest BCUT2D eigenvalue weighted by Gasteiger charge is 2.43. The monoisotopic (exact) mass is 368 g/mol. The minimum Gasteiger partial charge on any atom is -0.487 e. The van der Waals surface area contributed by atoms with Crippen LogP contribution in [-0.4, -0.2) is 29.5 Å². The predicted molar refractivity (Wildman–Crippen MR) is 103 cm³/mol. The second kappa shape index (κ2) is 7.77. The zero-order valence-corrected chi connectivity index (χ0v) is 15.9. The van der Waals surface area contributed by atoms with Gasteiger partial charge in [-0.1, -0.05) is 25.1 Å². The summed E-state index contributed by atoms with van der Waals surface area (Å²) in [6, 6.07) is 12.1. The SMILES string of the molecule is CCCC(=O)NC1CC2(CCN(Cc3ccco3)CC2)Oc2ccccc21. The number of hydrogen-bond donors (Lipinski definition) is 1. The highest BCUT2D eigenvalue weighted by Crippen LogP contribution is 2.44. The van der Waals surface area contributed by atoms with Crippen LogP contribution in [0.15, 0.2) is 47.1 Å². The Bertz CT molecular complexity index is 764. The summed E-state index contributed by atoms with van der Waals surface area (Å²) in [4.78, 5) is 14.7. The van der Waals surface area contributed by atoms with Crippen LogP contribution in [0.4, 0.5) is 0 Å². The van der Waals surface area contributed by atoms with Gasteiger partial charge in [-0.15, -0.1) is 0 Å². The molecule has 0 bridgehead atoms. The van der Waals surface area contributed by atoms with Crippen LogP contribution in [0, 0.1) is 0 Å². The van der Waals surface area contributed by atoms with E-state index in [0.717, 1.165) is 62.4 Å². The quantitative estimate of drug-likeness (QED) is 0.865. The van der Waals surface area contributed by atoms with Crippen LogP contribution in [0.3, 0.4) is 0 Å². The number of furan rings is 1. The molecule has 0 saturated carbocycles. The zero-order valence-electron chi connectivity index (χ0n) is 15.9. The number of piperidine rings is 1. The second-order valence-corrected chi connectivity index (χ2v) is 7.75. The standard InChI is InChI=1S/C22H28N2O3/c1-2-6-21(25)23-19-15-22(27-20-9-4-3-8-18(19)20)10-12-24(13-11-22)16-17-7-5-14-26-17/h3-5,7-9,14,19H,2,6,10-13,15-16H2,1H3,(H,23,25). The van der Waals surface area contributed by atoms with Crippen molar-refractivity contribution in [2.24, 2.45) is 0 Å². The van der Waals surface area contributed by atoms with Gasteiger partial charge in [0, 0.05) is 31.5 Å². The average molecular weight is 368 g/mol. The molecule has 1 aromatic heterocycles. The number of carbonyl (C=O) groups is 1. The highest BCUT2D eigenvalue weighted by molar-refractivity contribution is 5.76. The molecule has 1 unspecified atom stereocenters. The molecule has 1 saturated heterocycles. The summed E-state index contributed by atoms with van der Waals surface area (Å²) in [5, 5.41) is 3.25. The number of fused-ring (bicyclic) bond motifs is 1. The molecule has 1 N–H and O–H groups in total. The molecule has 1 atom stereocenters. The van der Waals surface area contributed by atoms with E-state index in [0.29, 0.717) is 6.42 Å². The van der Waals surface area contributed by atoms with Gasteiger partial charge in [-0.3, -0.25) is 9.69 Å². The maximum absolute atomic E-state index is 12.3. The van der Waals surface area contributed by atoms with E-state index in [4.69, 9.17) is 9.15 Å². The normalized spacial score (nSPS) is 21.4. The molecule has 3 heterocycles. The van der Waals surface area contributed by atoms with Gasteiger partial charge in [0.1, 0.15) is 17.1 Å². The number of carbonyl (C=O) groups excluding carboxylic acids is 1. The number of para-hydroxylation sites is 1. The lowest BCUT2D eigenvalue weighted by molar-refractivity contribution is -0.122. The van der Waals surface area contributed by atoms with Crippen molar-refractivity contribution in [2.75, 3.05) is 13.1 Å². The Hall–Kier alpha value is -2.27. The van der Waals surface area contributed by atoms with Gasteiger partial charge in [-0.05, 0) is 37.5 Å². The zero-order chi connectivity index (χ0) is 18.7. The van der Waals surface area contributed by atoms with Crippen molar-refractivity contribution < 1.29 is 13.9 Å². The molecule has 5 nitrogen and oxygen atoms in total. The van der Waals surface area contributed by atoms with E-state index < -0.39 is 0 Å². The van der Waals surface area contributed by atoms with Gasteiger partial charge in [0.25, 0.3) is 0 Å². The summed E-state index contributed by atoms with van der Waals surface area (Å²) in [6.45, 7) is 4.82. The largest absolute Gasteiger partial charge is 0.487 e. The molecule has 1 spiro atoms. The fraction of sp³-hybridized carbons (Fsp3) is 0.500. The number of nitrogens with zero attached hydrogens (tertiary/aromatic N) is 1. The summed E-state index contributed by atoms with van der Waals surface area (Å²) < 4.78 is 12.0. The van der Waals surface area contributed by atoms with Crippen LogP contribution in [0.1, 0.15) is 56.4 Å². The summed E-state index contributed by atoms with van der Waals surface area (Å²) >= 11 is 0. The molecule has 0 radical (unpaired) electrons. The lowest BCUT2D eigenvalue weighted by atomic mass is 9.80. The third kappa shape index (κ3) is 4.03. The maximum Gasteiger partial charge on any atom is 0.220 e. The molecule has 27 heavy (non-hydrogen) atoms. The van der Waals surface area contributed by atoms with E-state index in [9.17, 15) is 4.79 Å². The Morgan fingerprint density at radius 2 is 2.04 bits per heavy atom. The van der Waals surface area contributed by atoms with Crippen LogP contribution in [-0.2, 0) is 11.3 Å². The Morgan fingerprint density at radius 1 is 1.22 bits per heavy atom. The van der Waals surface area contributed by atoms with E-state index in [1.807, 2.05) is 37.3 Å². The number of hydrogen-bond acceptors (Lipinski definition) is 4. The van der Waals surface area contributed by atoms with Crippen molar-refractivity contribution in [3.05, 3.63) is 54.0 Å². The molecule has 1 aromatic carbocycles. The first-order valence-corrected chi connectivity index (χ1v) is 9.99. The lowest BCUT2D eigenvalue weighted by Gasteiger charge is -2.47. The van der Waals surface area contributed by atoms with Crippen molar-refractivity contribution in [1.29, 1.82) is 0 Å². The summed E-state index contributed by atoms with van der Waals surface area (Å²) in [6.07, 6.45) is 5.93. The van der Waals surface area contributed by atoms with E-state index >= 15 is 0 Å². The molecule has 2 aliphatic rings. The van der Waals surface area contributed by atoms with Crippen molar-refractivity contribution in [3.63, 3.8) is 0 Å². The van der Waals surface area contributed by atoms with Gasteiger partial charge in [-0.25, -0.2) is 0 Å². The number of ether oxygens (including phenoxy) is 1. The highest BCUT2D eigenvalue weighted by atomic mass is 16.5. The Morgan fingerprint density at radius 3 is 2.78 bits per heavy atom. The van der Waals surface area contributed by atoms with Crippen LogP contribution in [0.25, 0.3) is 0 Å². The molecule has 4 rings (SSSR count). The van der Waals surface area contributed by atoms with Crippen molar-refractivity contribution in [2.45, 2.75) is 57.2 Å². The number of likely N-dealkylation sites (tertiary alicyclic amines) is 1. The minimum atomic E-state index is -0.196. The van der Waals surface area contributed by atoms with E-state index in [1.54, 1.807) is 6.26 Å². The number of rotatable bonds is 5. The van der Waals surface area contributed by atoms with Crippen LogP contribution in [0.5, 0.6) is 5.75 Å². The van der Waals surface area contributed by atoms with Gasteiger partial charge < -0.3 is 14.5 Å². The number of amides is 1. The van der Waals surface area contributed by atoms with E-state index in [-0.39, 0.29) is 17.6 Å². The molecule has 1 fully saturated rings. The fourth-order valence-electron chi connectivity index (χ4n) is 4.29. The molecular weight excluding hydrogens is 340 g/mol. The van der Waals surface area contributed by atoms with Crippen molar-refractivity contribution in [3.8, 4) is 5.75 Å². The van der Waals surface area contributed by atoms with Crippen molar-refractivity contribution in [1.82, 2.24) is 10.2 Å². The first-order valence-electron chi connectivity index (χ1n) is 9.99. The average Bonchev–Trinajstić information content (AvgIpc) is 3.17. The van der Waals surface area contributed by atoms with Gasteiger partial charge in [0.15, 0.2) is 0 Å².